The summed E-state index contributed by atoms with van der Waals surface area (Å²) in [6, 6.07) is 8.83. The first kappa shape index (κ1) is 15.2. The van der Waals surface area contributed by atoms with Gasteiger partial charge in [0, 0.05) is 23.2 Å². The lowest BCUT2D eigenvalue weighted by Crippen LogP contribution is -2.16. The van der Waals surface area contributed by atoms with Crippen molar-refractivity contribution in [2.24, 2.45) is 0 Å². The fourth-order valence-corrected chi connectivity index (χ4v) is 2.68. The molecule has 0 spiro atoms. The Hall–Kier alpha value is -2.73. The number of carbonyl (C=O) groups is 1. The molecule has 116 valence electrons. The topological polar surface area (TPSA) is 60.7 Å². The van der Waals surface area contributed by atoms with E-state index in [4.69, 9.17) is 4.74 Å². The normalized spacial score (nSPS) is 11.2. The van der Waals surface area contributed by atoms with Gasteiger partial charge in [0.2, 0.25) is 0 Å². The summed E-state index contributed by atoms with van der Waals surface area (Å²) < 4.78 is 6.59. The van der Waals surface area contributed by atoms with Gasteiger partial charge in [0.1, 0.15) is 12.3 Å². The van der Waals surface area contributed by atoms with Crippen LogP contribution in [0.4, 0.5) is 0 Å². The zero-order valence-electron chi connectivity index (χ0n) is 12.4. The maximum Gasteiger partial charge on any atom is 0.331 e. The van der Waals surface area contributed by atoms with E-state index in [1.807, 2.05) is 30.5 Å². The molecule has 0 bridgehead atoms. The molecule has 23 heavy (non-hydrogen) atoms. The molecule has 0 amide bonds. The van der Waals surface area contributed by atoms with Crippen molar-refractivity contribution in [2.45, 2.75) is 13.5 Å². The first-order valence-corrected chi connectivity index (χ1v) is 7.87. The average molecular weight is 326 g/mol. The quantitative estimate of drug-likeness (QED) is 0.546. The Balaban J connectivity index is 1.71. The minimum absolute atomic E-state index is 0.0345. The second-order valence-corrected chi connectivity index (χ2v) is 5.96. The number of thiophene rings is 1. The Morgan fingerprint density at radius 1 is 1.39 bits per heavy atom. The van der Waals surface area contributed by atoms with Crippen molar-refractivity contribution < 1.29 is 9.53 Å². The third-order valence-corrected chi connectivity index (χ3v) is 3.99. The number of ether oxygens (including phenoxy) is 1. The van der Waals surface area contributed by atoms with Crippen LogP contribution in [0.25, 0.3) is 11.7 Å². The van der Waals surface area contributed by atoms with Crippen LogP contribution in [0.1, 0.15) is 16.1 Å². The molecule has 3 aromatic rings. The van der Waals surface area contributed by atoms with Crippen LogP contribution in [0.15, 0.2) is 52.8 Å². The summed E-state index contributed by atoms with van der Waals surface area (Å²) in [6.45, 7) is 1.87. The van der Waals surface area contributed by atoms with Crippen molar-refractivity contribution in [1.82, 2.24) is 9.38 Å². The lowest BCUT2D eigenvalue weighted by Gasteiger charge is -2.05. The molecule has 3 rings (SSSR count). The van der Waals surface area contributed by atoms with E-state index in [0.717, 1.165) is 10.4 Å². The first-order chi connectivity index (χ1) is 11.1. The van der Waals surface area contributed by atoms with Gasteiger partial charge < -0.3 is 4.74 Å². The highest BCUT2D eigenvalue weighted by molar-refractivity contribution is 7.10. The summed E-state index contributed by atoms with van der Waals surface area (Å²) in [4.78, 5) is 29.0. The van der Waals surface area contributed by atoms with Crippen LogP contribution >= 0.6 is 11.3 Å². The summed E-state index contributed by atoms with van der Waals surface area (Å²) in [5, 5.41) is 1.93. The second kappa shape index (κ2) is 6.58. The molecule has 0 aliphatic carbocycles. The number of aromatic nitrogens is 2. The van der Waals surface area contributed by atoms with Crippen molar-refractivity contribution in [1.29, 1.82) is 0 Å². The minimum atomic E-state index is -0.468. The SMILES string of the molecule is Cc1ccc2nc(COC(=O)/C=C/c3cccs3)cc(=O)n2c1. The summed E-state index contributed by atoms with van der Waals surface area (Å²) in [6.07, 6.45) is 4.78. The Morgan fingerprint density at radius 3 is 3.04 bits per heavy atom. The second-order valence-electron chi connectivity index (χ2n) is 4.98. The molecule has 0 saturated heterocycles. The predicted octanol–water partition coefficient (Wildman–Crippen LogP) is 2.82. The third-order valence-electron chi connectivity index (χ3n) is 3.15. The highest BCUT2D eigenvalue weighted by Gasteiger charge is 2.05. The summed E-state index contributed by atoms with van der Waals surface area (Å²) in [5.74, 6) is -0.468. The van der Waals surface area contributed by atoms with Gasteiger partial charge in [-0.05, 0) is 36.1 Å². The van der Waals surface area contributed by atoms with Gasteiger partial charge in [-0.2, -0.15) is 0 Å². The average Bonchev–Trinajstić information content (AvgIpc) is 3.05. The molecule has 0 aromatic carbocycles. The van der Waals surface area contributed by atoms with Crippen LogP contribution in [-0.4, -0.2) is 15.4 Å². The monoisotopic (exact) mass is 326 g/mol. The van der Waals surface area contributed by atoms with Crippen molar-refractivity contribution in [3.8, 4) is 0 Å². The highest BCUT2D eigenvalue weighted by atomic mass is 32.1. The molecule has 0 atom stereocenters. The molecule has 5 nitrogen and oxygen atoms in total. The Labute approximate surface area is 136 Å². The molecule has 0 radical (unpaired) electrons. The van der Waals surface area contributed by atoms with Gasteiger partial charge in [-0.1, -0.05) is 12.1 Å². The van der Waals surface area contributed by atoms with Crippen molar-refractivity contribution in [2.75, 3.05) is 0 Å². The van der Waals surface area contributed by atoms with Crippen LogP contribution in [0, 0.1) is 6.92 Å². The molecular weight excluding hydrogens is 312 g/mol. The fraction of sp³-hybridized carbons (Fsp3) is 0.118. The van der Waals surface area contributed by atoms with Gasteiger partial charge in [0.05, 0.1) is 5.69 Å². The Kier molecular flexibility index (Phi) is 4.34. The van der Waals surface area contributed by atoms with Gasteiger partial charge in [-0.15, -0.1) is 11.3 Å². The highest BCUT2D eigenvalue weighted by Crippen LogP contribution is 2.10. The van der Waals surface area contributed by atoms with Gasteiger partial charge in [0.25, 0.3) is 5.56 Å². The van der Waals surface area contributed by atoms with Crippen LogP contribution in [0.5, 0.6) is 0 Å². The molecule has 0 saturated carbocycles. The van der Waals surface area contributed by atoms with Crippen molar-refractivity contribution in [3.05, 3.63) is 74.5 Å². The zero-order valence-corrected chi connectivity index (χ0v) is 13.2. The van der Waals surface area contributed by atoms with Gasteiger partial charge in [-0.25, -0.2) is 9.78 Å². The third kappa shape index (κ3) is 3.73. The molecular formula is C17H14N2O3S. The maximum absolute atomic E-state index is 12.0. The van der Waals surface area contributed by atoms with Crippen LogP contribution in [0.2, 0.25) is 0 Å². The molecule has 3 heterocycles. The van der Waals surface area contributed by atoms with E-state index < -0.39 is 5.97 Å². The Morgan fingerprint density at radius 2 is 2.26 bits per heavy atom. The number of nitrogens with zero attached hydrogens (tertiary/aromatic N) is 2. The molecule has 0 N–H and O–H groups in total. The molecule has 0 unspecified atom stereocenters. The zero-order chi connectivity index (χ0) is 16.2. The van der Waals surface area contributed by atoms with Gasteiger partial charge in [0.15, 0.2) is 0 Å². The molecule has 0 fully saturated rings. The van der Waals surface area contributed by atoms with Crippen LogP contribution in [0.3, 0.4) is 0 Å². The Bertz CT molecular complexity index is 927. The first-order valence-electron chi connectivity index (χ1n) is 6.99. The number of hydrogen-bond acceptors (Lipinski definition) is 5. The van der Waals surface area contributed by atoms with Crippen LogP contribution in [-0.2, 0) is 16.1 Å². The minimum Gasteiger partial charge on any atom is -0.456 e. The molecule has 6 heteroatoms. The van der Waals surface area contributed by atoms with E-state index in [1.54, 1.807) is 18.3 Å². The summed E-state index contributed by atoms with van der Waals surface area (Å²) in [7, 11) is 0. The standard InChI is InChI=1S/C17H14N2O3S/c1-12-4-6-15-18-13(9-16(20)19(15)10-12)11-22-17(21)7-5-14-3-2-8-23-14/h2-10H,11H2,1H3/b7-5+. The molecule has 0 aliphatic rings. The van der Waals surface area contributed by atoms with E-state index >= 15 is 0 Å². The van der Waals surface area contributed by atoms with E-state index in [2.05, 4.69) is 4.98 Å². The predicted molar refractivity (Wildman–Crippen MR) is 89.3 cm³/mol. The lowest BCUT2D eigenvalue weighted by atomic mass is 10.3. The van der Waals surface area contributed by atoms with E-state index in [0.29, 0.717) is 11.3 Å². The number of carbonyl (C=O) groups excluding carboxylic acids is 1. The van der Waals surface area contributed by atoms with E-state index in [1.165, 1.54) is 27.9 Å². The van der Waals surface area contributed by atoms with Crippen molar-refractivity contribution >= 4 is 29.0 Å². The van der Waals surface area contributed by atoms with E-state index in [-0.39, 0.29) is 12.2 Å². The van der Waals surface area contributed by atoms with Gasteiger partial charge in [-0.3, -0.25) is 9.20 Å². The number of fused-ring (bicyclic) bond motifs is 1. The number of rotatable bonds is 4. The molecule has 3 aromatic heterocycles. The van der Waals surface area contributed by atoms with E-state index in [9.17, 15) is 9.59 Å². The number of pyridine rings is 1. The summed E-state index contributed by atoms with van der Waals surface area (Å²) in [5.41, 5.74) is 1.73. The fourth-order valence-electron chi connectivity index (χ4n) is 2.06. The largest absolute Gasteiger partial charge is 0.456 e. The smallest absolute Gasteiger partial charge is 0.331 e. The number of esters is 1. The van der Waals surface area contributed by atoms with Gasteiger partial charge >= 0.3 is 5.97 Å². The molecule has 0 aliphatic heterocycles. The summed E-state index contributed by atoms with van der Waals surface area (Å²) >= 11 is 1.53. The van der Waals surface area contributed by atoms with Crippen molar-refractivity contribution in [3.63, 3.8) is 0 Å². The lowest BCUT2D eigenvalue weighted by molar-refractivity contribution is -0.139. The number of hydrogen-bond donors (Lipinski definition) is 0. The van der Waals surface area contributed by atoms with Crippen LogP contribution < -0.4 is 5.56 Å². The number of aryl methyl sites for hydroxylation is 1. The maximum atomic E-state index is 12.0.